The van der Waals surface area contributed by atoms with Gasteiger partial charge in [-0.15, -0.1) is 11.3 Å². The van der Waals surface area contributed by atoms with Crippen LogP contribution in [0.5, 0.6) is 0 Å². The number of rotatable bonds is 6. The Kier molecular flexibility index (Phi) is 6.18. The Balaban J connectivity index is 2.06. The lowest BCUT2D eigenvalue weighted by Gasteiger charge is -2.04. The van der Waals surface area contributed by atoms with E-state index in [-0.39, 0.29) is 23.2 Å². The number of ether oxygens (including phenoxy) is 1. The number of esters is 1. The molecule has 3 aromatic rings. The van der Waals surface area contributed by atoms with Crippen molar-refractivity contribution >= 4 is 61.6 Å². The first-order valence-electron chi connectivity index (χ1n) is 8.81. The number of nitro groups is 1. The molecule has 0 amide bonds. The van der Waals surface area contributed by atoms with Crippen LogP contribution in [0.25, 0.3) is 21.3 Å². The number of aromatic nitrogens is 2. The Hall–Kier alpha value is -3.24. The second-order valence-corrected chi connectivity index (χ2v) is 7.55. The molecule has 0 radical (unpaired) electrons. The number of H-pyrrole nitrogens is 1. The number of thiophene rings is 1. The number of nitrogens with one attached hydrogen (secondary N) is 2. The normalized spacial score (nSPS) is 11.5. The van der Waals surface area contributed by atoms with Crippen molar-refractivity contribution in [3.63, 3.8) is 0 Å². The highest BCUT2D eigenvalue weighted by molar-refractivity contribution is 7.20. The number of nitrogens with zero attached hydrogens (tertiary/aromatic N) is 2. The Bertz CT molecular complexity index is 1250. The SMILES string of the molecule is CCOC(=O)c1sc2nc(/C(Cl)=C/c3ccc(NC)c([N+](=O)[O-])c3)[nH]c(=O)c2c1C. The van der Waals surface area contributed by atoms with Crippen molar-refractivity contribution in [2.45, 2.75) is 13.8 Å². The number of aryl methyl sites for hydroxylation is 1. The first-order valence-corrected chi connectivity index (χ1v) is 10.0. The van der Waals surface area contributed by atoms with Crippen LogP contribution in [0.15, 0.2) is 23.0 Å². The minimum atomic E-state index is -0.516. The van der Waals surface area contributed by atoms with Crippen molar-refractivity contribution in [1.82, 2.24) is 9.97 Å². The lowest BCUT2D eigenvalue weighted by Crippen LogP contribution is -2.11. The van der Waals surface area contributed by atoms with Crippen LogP contribution in [-0.2, 0) is 4.74 Å². The van der Waals surface area contributed by atoms with Gasteiger partial charge in [0.1, 0.15) is 15.4 Å². The smallest absolute Gasteiger partial charge is 0.348 e. The molecular formula is C19H17ClN4O5S. The van der Waals surface area contributed by atoms with E-state index in [1.54, 1.807) is 33.0 Å². The molecule has 0 aliphatic carbocycles. The quantitative estimate of drug-likeness (QED) is 0.329. The van der Waals surface area contributed by atoms with Gasteiger partial charge in [-0.3, -0.25) is 14.9 Å². The molecule has 0 fully saturated rings. The third kappa shape index (κ3) is 4.05. The fourth-order valence-electron chi connectivity index (χ4n) is 2.86. The summed E-state index contributed by atoms with van der Waals surface area (Å²) in [7, 11) is 1.59. The van der Waals surface area contributed by atoms with Gasteiger partial charge in [0, 0.05) is 13.1 Å². The number of nitro benzene ring substituents is 1. The molecule has 30 heavy (non-hydrogen) atoms. The van der Waals surface area contributed by atoms with Gasteiger partial charge in [-0.25, -0.2) is 9.78 Å². The number of hydrogen-bond acceptors (Lipinski definition) is 8. The third-order valence-corrected chi connectivity index (χ3v) is 5.72. The number of benzene rings is 1. The number of carbonyl (C=O) groups excluding carboxylic acids is 1. The van der Waals surface area contributed by atoms with Crippen LogP contribution in [0.4, 0.5) is 11.4 Å². The zero-order valence-corrected chi connectivity index (χ0v) is 17.8. The highest BCUT2D eigenvalue weighted by atomic mass is 35.5. The molecule has 2 aromatic heterocycles. The van der Waals surface area contributed by atoms with Crippen LogP contribution >= 0.6 is 22.9 Å². The minimum Gasteiger partial charge on any atom is -0.462 e. The molecule has 0 saturated heterocycles. The lowest BCUT2D eigenvalue weighted by atomic mass is 10.1. The summed E-state index contributed by atoms with van der Waals surface area (Å²) in [4.78, 5) is 43.0. The maximum Gasteiger partial charge on any atom is 0.348 e. The third-order valence-electron chi connectivity index (χ3n) is 4.27. The summed E-state index contributed by atoms with van der Waals surface area (Å²) >= 11 is 7.38. The zero-order chi connectivity index (χ0) is 22.0. The first-order chi connectivity index (χ1) is 14.3. The van der Waals surface area contributed by atoms with Gasteiger partial charge in [-0.2, -0.15) is 0 Å². The molecule has 0 aliphatic rings. The summed E-state index contributed by atoms with van der Waals surface area (Å²) in [6.07, 6.45) is 1.46. The molecule has 0 saturated carbocycles. The van der Waals surface area contributed by atoms with E-state index in [9.17, 15) is 19.7 Å². The predicted octanol–water partition coefficient (Wildman–Crippen LogP) is 4.16. The minimum absolute atomic E-state index is 0.0873. The van der Waals surface area contributed by atoms with Crippen molar-refractivity contribution in [3.05, 3.63) is 60.5 Å². The maximum atomic E-state index is 12.6. The van der Waals surface area contributed by atoms with Gasteiger partial charge in [0.2, 0.25) is 0 Å². The summed E-state index contributed by atoms with van der Waals surface area (Å²) in [6.45, 7) is 3.57. The average molecular weight is 449 g/mol. The van der Waals surface area contributed by atoms with Crippen molar-refractivity contribution in [1.29, 1.82) is 0 Å². The molecule has 0 bridgehead atoms. The summed E-state index contributed by atoms with van der Waals surface area (Å²) < 4.78 is 5.02. The predicted molar refractivity (Wildman–Crippen MR) is 117 cm³/mol. The Labute approximate surface area is 179 Å². The van der Waals surface area contributed by atoms with Crippen molar-refractivity contribution in [3.8, 4) is 0 Å². The van der Waals surface area contributed by atoms with Crippen LogP contribution in [0.1, 0.15) is 33.5 Å². The fourth-order valence-corrected chi connectivity index (χ4v) is 4.16. The molecular weight excluding hydrogens is 432 g/mol. The Morgan fingerprint density at radius 1 is 1.47 bits per heavy atom. The van der Waals surface area contributed by atoms with Crippen LogP contribution < -0.4 is 10.9 Å². The van der Waals surface area contributed by atoms with E-state index < -0.39 is 16.5 Å². The summed E-state index contributed by atoms with van der Waals surface area (Å²) in [5.74, 6) is -0.427. The maximum absolute atomic E-state index is 12.6. The summed E-state index contributed by atoms with van der Waals surface area (Å²) in [5.41, 5.74) is 0.764. The lowest BCUT2D eigenvalue weighted by molar-refractivity contribution is -0.383. The number of anilines is 1. The molecule has 2 heterocycles. The molecule has 1 aromatic carbocycles. The van der Waals surface area contributed by atoms with Crippen LogP contribution in [-0.4, -0.2) is 34.5 Å². The van der Waals surface area contributed by atoms with Gasteiger partial charge in [-0.05, 0) is 37.1 Å². The molecule has 0 spiro atoms. The van der Waals surface area contributed by atoms with Crippen LogP contribution in [0.2, 0.25) is 0 Å². The molecule has 0 unspecified atom stereocenters. The molecule has 156 valence electrons. The van der Waals surface area contributed by atoms with E-state index in [1.807, 2.05) is 0 Å². The van der Waals surface area contributed by atoms with Crippen molar-refractivity contribution < 1.29 is 14.5 Å². The molecule has 9 nitrogen and oxygen atoms in total. The topological polar surface area (TPSA) is 127 Å². The van der Waals surface area contributed by atoms with Gasteiger partial charge >= 0.3 is 5.97 Å². The molecule has 2 N–H and O–H groups in total. The van der Waals surface area contributed by atoms with Gasteiger partial charge in [-0.1, -0.05) is 17.7 Å². The van der Waals surface area contributed by atoms with E-state index in [1.165, 1.54) is 12.1 Å². The van der Waals surface area contributed by atoms with Gasteiger partial charge < -0.3 is 15.0 Å². The molecule has 0 atom stereocenters. The number of halogens is 1. The Morgan fingerprint density at radius 3 is 2.83 bits per heavy atom. The standard InChI is InChI=1S/C19H17ClN4O5S/c1-4-29-19(26)15-9(2)14-17(25)22-16(23-18(14)30-15)11(20)7-10-5-6-12(21-3)13(8-10)24(27)28/h5-8,21H,4H2,1-3H3,(H,22,23,25)/b11-7-. The highest BCUT2D eigenvalue weighted by Crippen LogP contribution is 2.30. The Morgan fingerprint density at radius 2 is 2.20 bits per heavy atom. The number of hydrogen-bond donors (Lipinski definition) is 2. The van der Waals surface area contributed by atoms with Crippen LogP contribution in [0, 0.1) is 17.0 Å². The second kappa shape index (κ2) is 8.64. The number of aromatic amines is 1. The molecule has 11 heteroatoms. The number of carbonyl (C=O) groups is 1. The van der Waals surface area contributed by atoms with Crippen molar-refractivity contribution in [2.75, 3.05) is 19.0 Å². The fraction of sp³-hybridized carbons (Fsp3) is 0.211. The first kappa shape index (κ1) is 21.5. The monoisotopic (exact) mass is 448 g/mol. The van der Waals surface area contributed by atoms with E-state index in [0.29, 0.717) is 31.9 Å². The van der Waals surface area contributed by atoms with Gasteiger partial charge in [0.15, 0.2) is 5.82 Å². The second-order valence-electron chi connectivity index (χ2n) is 6.15. The van der Waals surface area contributed by atoms with Crippen LogP contribution in [0.3, 0.4) is 0 Å². The van der Waals surface area contributed by atoms with Crippen molar-refractivity contribution in [2.24, 2.45) is 0 Å². The van der Waals surface area contributed by atoms with Gasteiger partial charge in [0.05, 0.1) is 21.9 Å². The largest absolute Gasteiger partial charge is 0.462 e. The van der Waals surface area contributed by atoms with E-state index in [4.69, 9.17) is 16.3 Å². The summed E-state index contributed by atoms with van der Waals surface area (Å²) in [5, 5.41) is 14.4. The highest BCUT2D eigenvalue weighted by Gasteiger charge is 2.21. The molecule has 3 rings (SSSR count). The number of fused-ring (bicyclic) bond motifs is 1. The van der Waals surface area contributed by atoms with Gasteiger partial charge in [0.25, 0.3) is 11.2 Å². The molecule has 0 aliphatic heterocycles. The zero-order valence-electron chi connectivity index (χ0n) is 16.2. The van der Waals surface area contributed by atoms with E-state index in [0.717, 1.165) is 11.3 Å². The van der Waals surface area contributed by atoms with E-state index >= 15 is 0 Å². The summed E-state index contributed by atoms with van der Waals surface area (Å²) in [6, 6.07) is 4.56. The average Bonchev–Trinajstić information content (AvgIpc) is 3.05. The van der Waals surface area contributed by atoms with E-state index in [2.05, 4.69) is 15.3 Å².